The SMILES string of the molecule is O=C1c2cccc(-c3nc4cc([N+](=O)[O-])ccc4[nH]c3=O)c2C2CCCN12. The summed E-state index contributed by atoms with van der Waals surface area (Å²) >= 11 is 0. The van der Waals surface area contributed by atoms with Crippen molar-refractivity contribution in [1.82, 2.24) is 14.9 Å². The molecule has 3 heterocycles. The second kappa shape index (κ2) is 5.47. The third kappa shape index (κ3) is 2.19. The average molecular weight is 362 g/mol. The summed E-state index contributed by atoms with van der Waals surface area (Å²) in [4.78, 5) is 44.9. The molecule has 1 saturated heterocycles. The summed E-state index contributed by atoms with van der Waals surface area (Å²) < 4.78 is 0. The van der Waals surface area contributed by atoms with Crippen LogP contribution < -0.4 is 5.56 Å². The molecule has 2 aromatic carbocycles. The average Bonchev–Trinajstić information content (AvgIpc) is 3.24. The number of fused-ring (bicyclic) bond motifs is 4. The zero-order valence-electron chi connectivity index (χ0n) is 14.1. The Kier molecular flexibility index (Phi) is 3.18. The highest BCUT2D eigenvalue weighted by Gasteiger charge is 2.41. The monoisotopic (exact) mass is 362 g/mol. The fourth-order valence-corrected chi connectivity index (χ4v) is 4.15. The Hall–Kier alpha value is -3.55. The zero-order chi connectivity index (χ0) is 18.7. The van der Waals surface area contributed by atoms with E-state index in [1.807, 2.05) is 4.90 Å². The van der Waals surface area contributed by atoms with E-state index in [0.717, 1.165) is 18.4 Å². The number of carbonyl (C=O) groups is 1. The van der Waals surface area contributed by atoms with Crippen LogP contribution in [-0.4, -0.2) is 32.2 Å². The topological polar surface area (TPSA) is 109 Å². The van der Waals surface area contributed by atoms with E-state index in [2.05, 4.69) is 9.97 Å². The van der Waals surface area contributed by atoms with Crippen molar-refractivity contribution in [2.24, 2.45) is 0 Å². The van der Waals surface area contributed by atoms with E-state index in [0.29, 0.717) is 28.7 Å². The quantitative estimate of drug-likeness (QED) is 0.557. The van der Waals surface area contributed by atoms with Gasteiger partial charge < -0.3 is 9.88 Å². The first-order valence-electron chi connectivity index (χ1n) is 8.67. The summed E-state index contributed by atoms with van der Waals surface area (Å²) in [5, 5.41) is 11.0. The van der Waals surface area contributed by atoms with Crippen LogP contribution in [-0.2, 0) is 0 Å². The second-order valence-corrected chi connectivity index (χ2v) is 6.80. The Morgan fingerprint density at radius 2 is 2.00 bits per heavy atom. The van der Waals surface area contributed by atoms with E-state index in [1.54, 1.807) is 18.2 Å². The van der Waals surface area contributed by atoms with Gasteiger partial charge in [-0.25, -0.2) is 4.98 Å². The van der Waals surface area contributed by atoms with E-state index in [-0.39, 0.29) is 28.9 Å². The van der Waals surface area contributed by atoms with E-state index in [4.69, 9.17) is 0 Å². The number of aromatic nitrogens is 2. The van der Waals surface area contributed by atoms with Crippen LogP contribution in [0.5, 0.6) is 0 Å². The van der Waals surface area contributed by atoms with Gasteiger partial charge in [-0.3, -0.25) is 19.7 Å². The molecule has 0 spiro atoms. The molecule has 0 aliphatic carbocycles. The molecule has 8 nitrogen and oxygen atoms in total. The van der Waals surface area contributed by atoms with Crippen molar-refractivity contribution in [3.63, 3.8) is 0 Å². The molecule has 2 aliphatic rings. The van der Waals surface area contributed by atoms with Crippen LogP contribution in [0, 0.1) is 10.1 Å². The molecule has 0 radical (unpaired) electrons. The molecule has 1 amide bonds. The van der Waals surface area contributed by atoms with Crippen molar-refractivity contribution in [1.29, 1.82) is 0 Å². The van der Waals surface area contributed by atoms with Crippen LogP contribution >= 0.6 is 0 Å². The summed E-state index contributed by atoms with van der Waals surface area (Å²) in [6, 6.07) is 9.41. The number of aromatic amines is 1. The van der Waals surface area contributed by atoms with Crippen molar-refractivity contribution in [2.75, 3.05) is 6.54 Å². The largest absolute Gasteiger partial charge is 0.332 e. The standard InChI is InChI=1S/C19H14N4O4/c24-18-17(20-14-9-10(23(26)27)6-7-13(14)21-18)11-3-1-4-12-16(11)15-5-2-8-22(15)19(12)25/h1,3-4,6-7,9,15H,2,5,8H2,(H,21,24). The smallest absolute Gasteiger partial charge is 0.274 e. The number of nitrogens with one attached hydrogen (secondary N) is 1. The Bertz CT molecular complexity index is 1200. The van der Waals surface area contributed by atoms with E-state index < -0.39 is 4.92 Å². The molecule has 1 unspecified atom stereocenters. The van der Waals surface area contributed by atoms with Gasteiger partial charge in [0.2, 0.25) is 0 Å². The maximum Gasteiger partial charge on any atom is 0.274 e. The van der Waals surface area contributed by atoms with Gasteiger partial charge in [-0.2, -0.15) is 0 Å². The van der Waals surface area contributed by atoms with Crippen LogP contribution in [0.15, 0.2) is 41.2 Å². The number of nitrogens with zero attached hydrogens (tertiary/aromatic N) is 3. The van der Waals surface area contributed by atoms with E-state index in [1.165, 1.54) is 18.2 Å². The van der Waals surface area contributed by atoms with E-state index >= 15 is 0 Å². The van der Waals surface area contributed by atoms with Crippen LogP contribution in [0.3, 0.4) is 0 Å². The minimum atomic E-state index is -0.499. The normalized spacial score (nSPS) is 18.0. The van der Waals surface area contributed by atoms with Gasteiger partial charge in [-0.05, 0) is 30.5 Å². The van der Waals surface area contributed by atoms with Gasteiger partial charge in [0.15, 0.2) is 0 Å². The molecular formula is C19H14N4O4. The number of nitro benzene ring substituents is 1. The Balaban J connectivity index is 1.76. The van der Waals surface area contributed by atoms with Gasteiger partial charge in [0, 0.05) is 29.8 Å². The predicted octanol–water partition coefficient (Wildman–Crippen LogP) is 2.79. The molecule has 27 heavy (non-hydrogen) atoms. The molecule has 5 rings (SSSR count). The Morgan fingerprint density at radius 1 is 1.19 bits per heavy atom. The van der Waals surface area contributed by atoms with Gasteiger partial charge in [-0.15, -0.1) is 0 Å². The molecule has 0 bridgehead atoms. The van der Waals surface area contributed by atoms with Crippen molar-refractivity contribution in [3.05, 3.63) is 68.0 Å². The third-order valence-electron chi connectivity index (χ3n) is 5.33. The lowest BCUT2D eigenvalue weighted by atomic mass is 9.94. The molecule has 1 N–H and O–H groups in total. The molecule has 8 heteroatoms. The van der Waals surface area contributed by atoms with Gasteiger partial charge in [-0.1, -0.05) is 12.1 Å². The molecular weight excluding hydrogens is 348 g/mol. The number of rotatable bonds is 2. The number of hydrogen-bond acceptors (Lipinski definition) is 5. The number of nitro groups is 1. The lowest BCUT2D eigenvalue weighted by molar-refractivity contribution is -0.384. The first-order chi connectivity index (χ1) is 13.0. The van der Waals surface area contributed by atoms with Crippen molar-refractivity contribution in [2.45, 2.75) is 18.9 Å². The molecule has 1 fully saturated rings. The molecule has 2 aliphatic heterocycles. The third-order valence-corrected chi connectivity index (χ3v) is 5.33. The number of hydrogen-bond donors (Lipinski definition) is 1. The summed E-state index contributed by atoms with van der Waals surface area (Å²) in [7, 11) is 0. The fourth-order valence-electron chi connectivity index (χ4n) is 4.15. The number of H-pyrrole nitrogens is 1. The first-order valence-corrected chi connectivity index (χ1v) is 8.67. The zero-order valence-corrected chi connectivity index (χ0v) is 14.1. The first kappa shape index (κ1) is 15.7. The maximum absolute atomic E-state index is 12.7. The number of amides is 1. The molecule has 3 aromatic rings. The fraction of sp³-hybridized carbons (Fsp3) is 0.211. The van der Waals surface area contributed by atoms with Crippen molar-refractivity contribution < 1.29 is 9.72 Å². The lowest BCUT2D eigenvalue weighted by Crippen LogP contribution is -2.22. The van der Waals surface area contributed by atoms with Crippen molar-refractivity contribution in [3.8, 4) is 11.3 Å². The lowest BCUT2D eigenvalue weighted by Gasteiger charge is -2.16. The summed E-state index contributed by atoms with van der Waals surface area (Å²) in [6.07, 6.45) is 1.78. The number of benzene rings is 2. The minimum Gasteiger partial charge on any atom is -0.332 e. The van der Waals surface area contributed by atoms with E-state index in [9.17, 15) is 19.7 Å². The predicted molar refractivity (Wildman–Crippen MR) is 97.5 cm³/mol. The summed E-state index contributed by atoms with van der Waals surface area (Å²) in [6.45, 7) is 0.714. The van der Waals surface area contributed by atoms with Gasteiger partial charge in [0.05, 0.1) is 22.0 Å². The molecule has 1 aromatic heterocycles. The van der Waals surface area contributed by atoms with Crippen LogP contribution in [0.1, 0.15) is 34.8 Å². The highest BCUT2D eigenvalue weighted by molar-refractivity contribution is 6.01. The Labute approximate surface area is 152 Å². The summed E-state index contributed by atoms with van der Waals surface area (Å²) in [5.41, 5.74) is 2.54. The van der Waals surface area contributed by atoms with Gasteiger partial charge >= 0.3 is 0 Å². The van der Waals surface area contributed by atoms with Crippen LogP contribution in [0.4, 0.5) is 5.69 Å². The van der Waals surface area contributed by atoms with Crippen LogP contribution in [0.2, 0.25) is 0 Å². The number of carbonyl (C=O) groups excluding carboxylic acids is 1. The molecule has 134 valence electrons. The highest BCUT2D eigenvalue weighted by Crippen LogP contribution is 2.44. The van der Waals surface area contributed by atoms with Gasteiger partial charge in [0.1, 0.15) is 5.69 Å². The Morgan fingerprint density at radius 3 is 2.81 bits per heavy atom. The van der Waals surface area contributed by atoms with Crippen molar-refractivity contribution >= 4 is 22.6 Å². The minimum absolute atomic E-state index is 0.0118. The summed E-state index contributed by atoms with van der Waals surface area (Å²) in [5.74, 6) is -0.0118. The van der Waals surface area contributed by atoms with Crippen LogP contribution in [0.25, 0.3) is 22.3 Å². The van der Waals surface area contributed by atoms with Gasteiger partial charge in [0.25, 0.3) is 17.2 Å². The number of non-ortho nitro benzene ring substituents is 1. The maximum atomic E-state index is 12.7. The molecule has 1 atom stereocenters. The molecule has 0 saturated carbocycles. The second-order valence-electron chi connectivity index (χ2n) is 6.80. The highest BCUT2D eigenvalue weighted by atomic mass is 16.6.